The zero-order valence-corrected chi connectivity index (χ0v) is 20.9. The van der Waals surface area contributed by atoms with Crippen LogP contribution in [0.3, 0.4) is 0 Å². The lowest BCUT2D eigenvalue weighted by atomic mass is 10.2. The summed E-state index contributed by atoms with van der Waals surface area (Å²) in [5.41, 5.74) is 7.88. The number of nitrogen functional groups attached to an aromatic ring is 1. The highest BCUT2D eigenvalue weighted by molar-refractivity contribution is 6.04. The first kappa shape index (κ1) is 23.7. The van der Waals surface area contributed by atoms with E-state index >= 15 is 0 Å². The van der Waals surface area contributed by atoms with E-state index in [0.29, 0.717) is 22.5 Å². The number of amides is 1. The third-order valence-electron chi connectivity index (χ3n) is 6.13. The summed E-state index contributed by atoms with van der Waals surface area (Å²) in [6.45, 7) is 1.71. The number of fused-ring (bicyclic) bond motifs is 2. The molecule has 5 heterocycles. The largest absolute Gasteiger partial charge is 0.445 e. The highest BCUT2D eigenvalue weighted by Gasteiger charge is 2.25. The van der Waals surface area contributed by atoms with Crippen LogP contribution in [0.25, 0.3) is 22.4 Å². The maximum absolute atomic E-state index is 13.9. The Balaban J connectivity index is 1.46. The van der Waals surface area contributed by atoms with Crippen molar-refractivity contribution in [2.45, 2.75) is 13.0 Å². The summed E-state index contributed by atoms with van der Waals surface area (Å²) in [5.74, 6) is 5.76. The number of nitrogens with one attached hydrogen (secondary N) is 1. The zero-order valence-electron chi connectivity index (χ0n) is 20.9. The highest BCUT2D eigenvalue weighted by atomic mass is 16.3. The Bertz CT molecular complexity index is 1990. The maximum Gasteiger partial charge on any atom is 0.270 e. The fourth-order valence-corrected chi connectivity index (χ4v) is 4.30. The van der Waals surface area contributed by atoms with Crippen molar-refractivity contribution >= 4 is 28.5 Å². The first-order valence-corrected chi connectivity index (χ1v) is 11.9. The lowest BCUT2D eigenvalue weighted by Crippen LogP contribution is -2.34. The van der Waals surface area contributed by atoms with E-state index in [1.54, 1.807) is 60.0 Å². The van der Waals surface area contributed by atoms with Crippen LogP contribution in [-0.4, -0.2) is 39.6 Å². The monoisotopic (exact) mass is 519 g/mol. The van der Waals surface area contributed by atoms with Crippen molar-refractivity contribution in [3.8, 4) is 17.5 Å². The molecule has 12 heteroatoms. The van der Waals surface area contributed by atoms with Gasteiger partial charge >= 0.3 is 0 Å². The molecule has 0 saturated heterocycles. The Morgan fingerprint density at radius 3 is 2.77 bits per heavy atom. The number of benzene rings is 1. The Morgan fingerprint density at radius 2 is 2.00 bits per heavy atom. The number of hydrogen-bond donors (Lipinski definition) is 2. The molecule has 0 fully saturated rings. The lowest BCUT2D eigenvalue weighted by molar-refractivity contribution is 0.0939. The number of nitrogens with two attached hydrogens (primary N) is 1. The molecule has 0 radical (unpaired) electrons. The molecule has 0 aliphatic carbocycles. The molecule has 12 nitrogen and oxygen atoms in total. The van der Waals surface area contributed by atoms with Gasteiger partial charge in [-0.25, -0.2) is 9.97 Å². The standard InChI is InChI=1S/C27H21N9O3/c1-16(32-25(37)21-22(28)30-15-35-11-10-29-24(21)35)23-33-26-20(27(38)36(23)19-6-4-3-5-7-19)18(14-39-26)9-8-17-12-31-34(2)13-17/h3-7,10-16H,28H2,1-2H3,(H,32,37)/t16-/m0/s1. The first-order chi connectivity index (χ1) is 18.9. The molecule has 0 spiro atoms. The Labute approximate surface area is 220 Å². The van der Waals surface area contributed by atoms with E-state index in [0.717, 1.165) is 0 Å². The molecule has 0 aliphatic rings. The van der Waals surface area contributed by atoms with Crippen LogP contribution in [0.1, 0.15) is 40.3 Å². The van der Waals surface area contributed by atoms with Crippen molar-refractivity contribution in [3.05, 3.63) is 101 Å². The van der Waals surface area contributed by atoms with Gasteiger partial charge < -0.3 is 15.5 Å². The molecular weight excluding hydrogens is 498 g/mol. The lowest BCUT2D eigenvalue weighted by Gasteiger charge is -2.19. The third-order valence-corrected chi connectivity index (χ3v) is 6.13. The number of nitrogens with zero attached hydrogens (tertiary/aromatic N) is 7. The number of para-hydroxylation sites is 1. The van der Waals surface area contributed by atoms with Gasteiger partial charge in [0.25, 0.3) is 11.5 Å². The second kappa shape index (κ2) is 9.31. The number of hydrogen-bond acceptors (Lipinski definition) is 8. The molecule has 6 aromatic rings. The molecule has 1 atom stereocenters. The molecule has 0 bridgehead atoms. The van der Waals surface area contributed by atoms with Gasteiger partial charge in [0.05, 0.1) is 29.1 Å². The van der Waals surface area contributed by atoms with Crippen LogP contribution in [0.5, 0.6) is 0 Å². The number of carbonyl (C=O) groups excluding carboxylic acids is 1. The predicted molar refractivity (Wildman–Crippen MR) is 142 cm³/mol. The second-order valence-corrected chi connectivity index (χ2v) is 8.79. The number of furan rings is 1. The van der Waals surface area contributed by atoms with Gasteiger partial charge in [0, 0.05) is 25.6 Å². The van der Waals surface area contributed by atoms with Gasteiger partial charge in [0.1, 0.15) is 35.2 Å². The summed E-state index contributed by atoms with van der Waals surface area (Å²) in [6.07, 6.45) is 9.48. The average molecular weight is 520 g/mol. The van der Waals surface area contributed by atoms with E-state index in [1.807, 2.05) is 18.2 Å². The van der Waals surface area contributed by atoms with Crippen molar-refractivity contribution in [2.75, 3.05) is 5.73 Å². The summed E-state index contributed by atoms with van der Waals surface area (Å²) in [6, 6.07) is 8.28. The molecule has 3 N–H and O–H groups in total. The van der Waals surface area contributed by atoms with Gasteiger partial charge in [-0.1, -0.05) is 30.0 Å². The average Bonchev–Trinajstić information content (AvgIpc) is 3.67. The molecule has 0 unspecified atom stereocenters. The van der Waals surface area contributed by atoms with E-state index < -0.39 is 11.9 Å². The maximum atomic E-state index is 13.9. The van der Waals surface area contributed by atoms with Gasteiger partial charge in [-0.3, -0.25) is 23.2 Å². The first-order valence-electron chi connectivity index (χ1n) is 11.9. The Kier molecular flexibility index (Phi) is 5.65. The van der Waals surface area contributed by atoms with E-state index in [1.165, 1.54) is 17.2 Å². The topological polar surface area (TPSA) is 151 Å². The number of anilines is 1. The van der Waals surface area contributed by atoms with Crippen LogP contribution in [-0.2, 0) is 7.05 Å². The Hall–Kier alpha value is -5.70. The minimum atomic E-state index is -0.737. The minimum Gasteiger partial charge on any atom is -0.445 e. The predicted octanol–water partition coefficient (Wildman–Crippen LogP) is 2.23. The van der Waals surface area contributed by atoms with Crippen LogP contribution >= 0.6 is 0 Å². The van der Waals surface area contributed by atoms with E-state index in [2.05, 4.69) is 37.2 Å². The van der Waals surface area contributed by atoms with Gasteiger partial charge in [-0.2, -0.15) is 10.1 Å². The van der Waals surface area contributed by atoms with Crippen molar-refractivity contribution in [3.63, 3.8) is 0 Å². The Morgan fingerprint density at radius 1 is 1.18 bits per heavy atom. The summed E-state index contributed by atoms with van der Waals surface area (Å²) in [5, 5.41) is 7.22. The molecule has 1 aromatic carbocycles. The fraction of sp³-hybridized carbons (Fsp3) is 0.111. The van der Waals surface area contributed by atoms with Crippen molar-refractivity contribution in [1.82, 2.24) is 39.0 Å². The third kappa shape index (κ3) is 4.17. The van der Waals surface area contributed by atoms with Crippen molar-refractivity contribution in [1.29, 1.82) is 0 Å². The molecule has 5 aromatic heterocycles. The van der Waals surface area contributed by atoms with Crippen LogP contribution in [0.4, 0.5) is 5.82 Å². The molecule has 6 rings (SSSR count). The molecule has 39 heavy (non-hydrogen) atoms. The van der Waals surface area contributed by atoms with E-state index in [4.69, 9.17) is 10.2 Å². The van der Waals surface area contributed by atoms with Crippen LogP contribution in [0.2, 0.25) is 0 Å². The molecule has 1 amide bonds. The number of aromatic nitrogens is 7. The van der Waals surface area contributed by atoms with E-state index in [-0.39, 0.29) is 33.9 Å². The number of rotatable bonds is 4. The molecule has 192 valence electrons. The smallest absolute Gasteiger partial charge is 0.270 e. The molecule has 0 aliphatic heterocycles. The normalized spacial score (nSPS) is 11.8. The SMILES string of the molecule is C[C@H](NC(=O)c1c(N)ncn2ccnc12)c1nc2occ(C#Cc3cnn(C)c3)c2c(=O)n1-c1ccccc1. The second-order valence-electron chi connectivity index (χ2n) is 8.79. The number of carbonyl (C=O) groups is 1. The van der Waals surface area contributed by atoms with Crippen LogP contribution < -0.4 is 16.6 Å². The van der Waals surface area contributed by atoms with Gasteiger partial charge in [-0.15, -0.1) is 0 Å². The van der Waals surface area contributed by atoms with Gasteiger partial charge in [0.15, 0.2) is 5.65 Å². The molecule has 0 saturated carbocycles. The highest BCUT2D eigenvalue weighted by Crippen LogP contribution is 2.22. The zero-order chi connectivity index (χ0) is 27.1. The van der Waals surface area contributed by atoms with Crippen molar-refractivity contribution in [2.24, 2.45) is 7.05 Å². The van der Waals surface area contributed by atoms with Crippen LogP contribution in [0.15, 0.2) is 76.9 Å². The summed E-state index contributed by atoms with van der Waals surface area (Å²) >= 11 is 0. The number of aryl methyl sites for hydroxylation is 1. The summed E-state index contributed by atoms with van der Waals surface area (Å²) < 4.78 is 10.3. The minimum absolute atomic E-state index is 0.0325. The molecular formula is C27H21N9O3. The number of imidazole rings is 1. The summed E-state index contributed by atoms with van der Waals surface area (Å²) in [7, 11) is 1.79. The van der Waals surface area contributed by atoms with E-state index in [9.17, 15) is 9.59 Å². The quantitative estimate of drug-likeness (QED) is 0.337. The van der Waals surface area contributed by atoms with Gasteiger partial charge in [0.2, 0.25) is 5.71 Å². The summed E-state index contributed by atoms with van der Waals surface area (Å²) in [4.78, 5) is 40.2. The fourth-order valence-electron chi connectivity index (χ4n) is 4.30. The van der Waals surface area contributed by atoms with Gasteiger partial charge in [-0.05, 0) is 19.1 Å². The van der Waals surface area contributed by atoms with Crippen molar-refractivity contribution < 1.29 is 9.21 Å². The van der Waals surface area contributed by atoms with Crippen LogP contribution in [0, 0.1) is 11.8 Å².